The number of hydrogen-bond acceptors (Lipinski definition) is 3. The highest BCUT2D eigenvalue weighted by Gasteiger charge is 2.19. The minimum absolute atomic E-state index is 0.896. The van der Waals surface area contributed by atoms with E-state index in [0.717, 1.165) is 88.6 Å². The first-order chi connectivity index (χ1) is 27.3. The normalized spacial score (nSPS) is 11.6. The van der Waals surface area contributed by atoms with Crippen molar-refractivity contribution in [1.29, 1.82) is 0 Å². The number of anilines is 3. The number of fused-ring (bicyclic) bond motifs is 8. The molecule has 11 rings (SSSR count). The molecule has 0 aliphatic carbocycles. The second kappa shape index (κ2) is 12.6. The van der Waals surface area contributed by atoms with Crippen molar-refractivity contribution in [2.75, 3.05) is 4.90 Å². The molecule has 0 saturated carbocycles. The lowest BCUT2D eigenvalue weighted by molar-refractivity contribution is 0.670. The average molecular weight is 704 g/mol. The van der Waals surface area contributed by atoms with Gasteiger partial charge in [-0.2, -0.15) is 0 Å². The third-order valence-electron chi connectivity index (χ3n) is 10.9. The summed E-state index contributed by atoms with van der Waals surface area (Å²) in [5.74, 6) is 0. The minimum Gasteiger partial charge on any atom is -0.455 e. The van der Waals surface area contributed by atoms with E-state index in [0.29, 0.717) is 0 Å². The van der Waals surface area contributed by atoms with Crippen LogP contribution in [-0.2, 0) is 0 Å². The Morgan fingerprint density at radius 2 is 0.782 bits per heavy atom. The van der Waals surface area contributed by atoms with E-state index in [4.69, 9.17) is 8.83 Å². The fourth-order valence-electron chi connectivity index (χ4n) is 8.31. The molecule has 0 radical (unpaired) electrons. The van der Waals surface area contributed by atoms with Gasteiger partial charge in [-0.05, 0) is 76.2 Å². The Labute approximate surface area is 317 Å². The summed E-state index contributed by atoms with van der Waals surface area (Å²) in [7, 11) is 0. The van der Waals surface area contributed by atoms with Crippen molar-refractivity contribution in [3.63, 3.8) is 0 Å². The largest absolute Gasteiger partial charge is 0.455 e. The number of para-hydroxylation sites is 4. The second-order valence-corrected chi connectivity index (χ2v) is 14.0. The molecule has 0 atom stereocenters. The molecule has 0 unspecified atom stereocenters. The van der Waals surface area contributed by atoms with Gasteiger partial charge in [0.2, 0.25) is 0 Å². The first-order valence-electron chi connectivity index (χ1n) is 18.7. The maximum atomic E-state index is 6.85. The van der Waals surface area contributed by atoms with Crippen LogP contribution in [-0.4, -0.2) is 0 Å². The van der Waals surface area contributed by atoms with Crippen LogP contribution >= 0.6 is 0 Å². The quantitative estimate of drug-likeness (QED) is 0.173. The Hall–Kier alpha value is -7.36. The second-order valence-electron chi connectivity index (χ2n) is 14.0. The van der Waals surface area contributed by atoms with Crippen LogP contribution in [0.2, 0.25) is 0 Å². The Bertz CT molecular complexity index is 3190. The Kier molecular flexibility index (Phi) is 7.17. The zero-order valence-electron chi connectivity index (χ0n) is 29.8. The van der Waals surface area contributed by atoms with E-state index < -0.39 is 0 Å². The molecule has 0 aliphatic heterocycles. The summed E-state index contributed by atoms with van der Waals surface area (Å²) >= 11 is 0. The van der Waals surface area contributed by atoms with Gasteiger partial charge in [0.05, 0.1) is 0 Å². The number of nitrogens with zero attached hydrogens (tertiary/aromatic N) is 1. The van der Waals surface area contributed by atoms with Gasteiger partial charge in [-0.3, -0.25) is 0 Å². The van der Waals surface area contributed by atoms with Gasteiger partial charge in [-0.15, -0.1) is 0 Å². The summed E-state index contributed by atoms with van der Waals surface area (Å²) in [4.78, 5) is 2.31. The number of rotatable bonds is 6. The first kappa shape index (κ1) is 31.2. The van der Waals surface area contributed by atoms with E-state index in [1.165, 1.54) is 16.5 Å². The predicted octanol–water partition coefficient (Wildman–Crippen LogP) is 15.1. The molecule has 0 fully saturated rings. The molecule has 2 heterocycles. The molecule has 258 valence electrons. The molecule has 0 spiro atoms. The van der Waals surface area contributed by atoms with Gasteiger partial charge in [0, 0.05) is 55.1 Å². The lowest BCUT2D eigenvalue weighted by Gasteiger charge is -2.26. The highest BCUT2D eigenvalue weighted by molar-refractivity contribution is 6.20. The summed E-state index contributed by atoms with van der Waals surface area (Å²) in [6, 6.07) is 70.7. The van der Waals surface area contributed by atoms with Gasteiger partial charge < -0.3 is 13.7 Å². The number of benzene rings is 9. The zero-order valence-corrected chi connectivity index (χ0v) is 29.8. The van der Waals surface area contributed by atoms with Crippen LogP contribution in [0.3, 0.4) is 0 Å². The summed E-state index contributed by atoms with van der Waals surface area (Å²) in [6.45, 7) is 0. The highest BCUT2D eigenvalue weighted by atomic mass is 16.3. The molecule has 3 nitrogen and oxygen atoms in total. The molecule has 0 amide bonds. The monoisotopic (exact) mass is 703 g/mol. The third kappa shape index (κ3) is 5.13. The van der Waals surface area contributed by atoms with Crippen LogP contribution < -0.4 is 4.90 Å². The number of hydrogen-bond donors (Lipinski definition) is 0. The smallest absolute Gasteiger partial charge is 0.143 e. The van der Waals surface area contributed by atoms with Gasteiger partial charge in [-0.1, -0.05) is 152 Å². The lowest BCUT2D eigenvalue weighted by Crippen LogP contribution is -2.09. The van der Waals surface area contributed by atoms with E-state index in [-0.39, 0.29) is 0 Å². The molecule has 3 heteroatoms. The van der Waals surface area contributed by atoms with Crippen LogP contribution in [0, 0.1) is 0 Å². The first-order valence-corrected chi connectivity index (χ1v) is 18.7. The van der Waals surface area contributed by atoms with Crippen LogP contribution in [0.4, 0.5) is 17.1 Å². The average Bonchev–Trinajstić information content (AvgIpc) is 3.84. The van der Waals surface area contributed by atoms with Crippen molar-refractivity contribution in [3.05, 3.63) is 200 Å². The van der Waals surface area contributed by atoms with Crippen molar-refractivity contribution in [1.82, 2.24) is 0 Å². The van der Waals surface area contributed by atoms with Crippen molar-refractivity contribution >= 4 is 71.7 Å². The Balaban J connectivity index is 1.02. The SMILES string of the molecule is c1ccc(-c2cc3c4cccc(-c5ccc(N(c6ccccc6)c6cccc(-c7cccc8c7oc7ccccc78)c6)cc5)c4oc3c3ccccc23)cc1. The topological polar surface area (TPSA) is 29.5 Å². The van der Waals surface area contributed by atoms with Crippen molar-refractivity contribution < 1.29 is 8.83 Å². The summed E-state index contributed by atoms with van der Waals surface area (Å²) < 4.78 is 13.3. The predicted molar refractivity (Wildman–Crippen MR) is 229 cm³/mol. The summed E-state index contributed by atoms with van der Waals surface area (Å²) in [5, 5.41) is 6.80. The molecule has 0 N–H and O–H groups in total. The molecular weight excluding hydrogens is 671 g/mol. The van der Waals surface area contributed by atoms with E-state index in [1.54, 1.807) is 0 Å². The van der Waals surface area contributed by atoms with Crippen LogP contribution in [0.25, 0.3) is 88.0 Å². The van der Waals surface area contributed by atoms with Crippen molar-refractivity contribution in [3.8, 4) is 33.4 Å². The van der Waals surface area contributed by atoms with Crippen LogP contribution in [0.1, 0.15) is 0 Å². The van der Waals surface area contributed by atoms with E-state index in [2.05, 4.69) is 193 Å². The maximum absolute atomic E-state index is 6.85. The maximum Gasteiger partial charge on any atom is 0.143 e. The van der Waals surface area contributed by atoms with Crippen LogP contribution in [0.15, 0.2) is 209 Å². The minimum atomic E-state index is 0.896. The van der Waals surface area contributed by atoms with Gasteiger partial charge in [-0.25, -0.2) is 0 Å². The zero-order chi connectivity index (χ0) is 36.3. The molecule has 11 aromatic rings. The summed E-state index contributed by atoms with van der Waals surface area (Å²) in [6.07, 6.45) is 0. The third-order valence-corrected chi connectivity index (χ3v) is 10.9. The molecule has 55 heavy (non-hydrogen) atoms. The van der Waals surface area contributed by atoms with Gasteiger partial charge in [0.15, 0.2) is 0 Å². The fourth-order valence-corrected chi connectivity index (χ4v) is 8.31. The number of furan rings is 2. The van der Waals surface area contributed by atoms with Crippen molar-refractivity contribution in [2.45, 2.75) is 0 Å². The molecule has 9 aromatic carbocycles. The molecule has 0 bridgehead atoms. The molecule has 2 aromatic heterocycles. The Morgan fingerprint density at radius 3 is 1.56 bits per heavy atom. The molecule has 0 saturated heterocycles. The van der Waals surface area contributed by atoms with Crippen molar-refractivity contribution in [2.24, 2.45) is 0 Å². The molecule has 0 aliphatic rings. The van der Waals surface area contributed by atoms with Gasteiger partial charge in [0.25, 0.3) is 0 Å². The van der Waals surface area contributed by atoms with E-state index >= 15 is 0 Å². The fraction of sp³-hybridized carbons (Fsp3) is 0. The van der Waals surface area contributed by atoms with Gasteiger partial charge >= 0.3 is 0 Å². The standard InChI is InChI=1S/C52H33NO2/c1-3-14-34(15-4-1)47-33-48-46-26-12-23-40(51(46)55-52(48)44-22-8-7-20-42(44)47)35-28-30-38(31-29-35)53(37-17-5-2-6-18-37)39-19-11-16-36(32-39)41-24-13-25-45-43-21-9-10-27-49(43)54-50(41)45/h1-33H. The Morgan fingerprint density at radius 1 is 0.273 bits per heavy atom. The van der Waals surface area contributed by atoms with E-state index in [9.17, 15) is 0 Å². The van der Waals surface area contributed by atoms with Crippen LogP contribution in [0.5, 0.6) is 0 Å². The van der Waals surface area contributed by atoms with Gasteiger partial charge in [0.1, 0.15) is 22.3 Å². The lowest BCUT2D eigenvalue weighted by atomic mass is 9.95. The molecular formula is C52H33NO2. The highest BCUT2D eigenvalue weighted by Crippen LogP contribution is 2.44. The summed E-state index contributed by atoms with van der Waals surface area (Å²) in [5.41, 5.74) is 13.6. The van der Waals surface area contributed by atoms with E-state index in [1.807, 2.05) is 12.1 Å².